The SMILES string of the molecule is Cn1ccc2ccnc(CC3CN(C(=O)c4ccc(F)cc4)C3)c21. The molecule has 1 fully saturated rings. The Balaban J connectivity index is 1.43. The molecule has 1 aliphatic rings. The summed E-state index contributed by atoms with van der Waals surface area (Å²) in [6, 6.07) is 9.83. The maximum Gasteiger partial charge on any atom is 0.253 e. The summed E-state index contributed by atoms with van der Waals surface area (Å²) >= 11 is 0. The number of hydrogen-bond donors (Lipinski definition) is 0. The van der Waals surface area contributed by atoms with E-state index < -0.39 is 0 Å². The van der Waals surface area contributed by atoms with E-state index in [4.69, 9.17) is 0 Å². The van der Waals surface area contributed by atoms with E-state index >= 15 is 0 Å². The highest BCUT2D eigenvalue weighted by molar-refractivity contribution is 5.94. The molecule has 0 aliphatic carbocycles. The van der Waals surface area contributed by atoms with Crippen LogP contribution in [0.4, 0.5) is 4.39 Å². The van der Waals surface area contributed by atoms with Gasteiger partial charge >= 0.3 is 0 Å². The zero-order valence-electron chi connectivity index (χ0n) is 13.4. The molecule has 0 radical (unpaired) electrons. The minimum atomic E-state index is -0.324. The molecule has 0 N–H and O–H groups in total. The van der Waals surface area contributed by atoms with Gasteiger partial charge in [-0.05, 0) is 48.7 Å². The van der Waals surface area contributed by atoms with Gasteiger partial charge in [0.1, 0.15) is 5.82 Å². The number of halogens is 1. The van der Waals surface area contributed by atoms with Crippen molar-refractivity contribution >= 4 is 16.8 Å². The molecule has 1 aromatic carbocycles. The molecule has 3 heterocycles. The highest BCUT2D eigenvalue weighted by atomic mass is 19.1. The van der Waals surface area contributed by atoms with Crippen LogP contribution in [0.2, 0.25) is 0 Å². The maximum atomic E-state index is 13.0. The Bertz CT molecular complexity index is 895. The van der Waals surface area contributed by atoms with E-state index in [2.05, 4.69) is 15.6 Å². The van der Waals surface area contributed by atoms with Gasteiger partial charge in [-0.3, -0.25) is 9.78 Å². The molecule has 1 amide bonds. The fourth-order valence-electron chi connectivity index (χ4n) is 3.39. The molecule has 4 nitrogen and oxygen atoms in total. The second-order valence-electron chi connectivity index (χ2n) is 6.41. The Hall–Kier alpha value is -2.69. The summed E-state index contributed by atoms with van der Waals surface area (Å²) < 4.78 is 15.0. The van der Waals surface area contributed by atoms with Crippen LogP contribution in [0.15, 0.2) is 48.8 Å². The molecule has 0 unspecified atom stereocenters. The lowest BCUT2D eigenvalue weighted by Gasteiger charge is -2.39. The molecule has 4 rings (SSSR count). The van der Waals surface area contributed by atoms with Gasteiger partial charge in [0.05, 0.1) is 11.2 Å². The van der Waals surface area contributed by atoms with Gasteiger partial charge in [-0.2, -0.15) is 0 Å². The van der Waals surface area contributed by atoms with Crippen LogP contribution in [0.1, 0.15) is 16.1 Å². The fraction of sp³-hybridized carbons (Fsp3) is 0.263. The zero-order valence-corrected chi connectivity index (χ0v) is 13.4. The van der Waals surface area contributed by atoms with Gasteiger partial charge in [-0.25, -0.2) is 4.39 Å². The van der Waals surface area contributed by atoms with Crippen LogP contribution in [0.5, 0.6) is 0 Å². The molecule has 2 aromatic heterocycles. The lowest BCUT2D eigenvalue weighted by molar-refractivity contribution is 0.0500. The van der Waals surface area contributed by atoms with Gasteiger partial charge < -0.3 is 9.47 Å². The third-order valence-corrected chi connectivity index (χ3v) is 4.68. The molecule has 0 atom stereocenters. The normalized spacial score (nSPS) is 14.8. The number of likely N-dealkylation sites (tertiary alicyclic amines) is 1. The number of amides is 1. The topological polar surface area (TPSA) is 38.1 Å². The van der Waals surface area contributed by atoms with Crippen molar-refractivity contribution in [1.29, 1.82) is 0 Å². The summed E-state index contributed by atoms with van der Waals surface area (Å²) in [5, 5.41) is 1.20. The van der Waals surface area contributed by atoms with Gasteiger partial charge in [-0.15, -0.1) is 0 Å². The third kappa shape index (κ3) is 2.56. The number of aryl methyl sites for hydroxylation is 1. The van der Waals surface area contributed by atoms with Crippen molar-refractivity contribution in [3.8, 4) is 0 Å². The number of nitrogens with zero attached hydrogens (tertiary/aromatic N) is 3. The molecular weight excluding hydrogens is 305 g/mol. The standard InChI is InChI=1S/C19H18FN3O/c1-22-9-7-14-6-8-21-17(18(14)22)10-13-11-23(12-13)19(24)15-2-4-16(20)5-3-15/h2-9,13H,10-12H2,1H3. The first-order valence-electron chi connectivity index (χ1n) is 8.05. The average molecular weight is 323 g/mol. The molecule has 3 aromatic rings. The van der Waals surface area contributed by atoms with Crippen LogP contribution >= 0.6 is 0 Å². The Morgan fingerprint density at radius 2 is 1.96 bits per heavy atom. The van der Waals surface area contributed by atoms with Crippen LogP contribution in [-0.2, 0) is 13.5 Å². The monoisotopic (exact) mass is 323 g/mol. The van der Waals surface area contributed by atoms with Gasteiger partial charge in [0.25, 0.3) is 5.91 Å². The van der Waals surface area contributed by atoms with E-state index in [1.165, 1.54) is 35.2 Å². The van der Waals surface area contributed by atoms with Crippen LogP contribution in [-0.4, -0.2) is 33.4 Å². The maximum absolute atomic E-state index is 13.0. The van der Waals surface area contributed by atoms with Gasteiger partial charge in [-0.1, -0.05) is 0 Å². The van der Waals surface area contributed by atoms with E-state index in [-0.39, 0.29) is 11.7 Å². The summed E-state index contributed by atoms with van der Waals surface area (Å²) in [5.41, 5.74) is 2.79. The summed E-state index contributed by atoms with van der Waals surface area (Å²) in [5.74, 6) is 0.0634. The first-order chi connectivity index (χ1) is 11.6. The minimum absolute atomic E-state index is 0.0312. The summed E-state index contributed by atoms with van der Waals surface area (Å²) in [4.78, 5) is 18.7. The fourth-order valence-corrected chi connectivity index (χ4v) is 3.39. The Morgan fingerprint density at radius 3 is 2.71 bits per heavy atom. The predicted molar refractivity (Wildman–Crippen MR) is 90.2 cm³/mol. The molecule has 24 heavy (non-hydrogen) atoms. The van der Waals surface area contributed by atoms with Crippen molar-refractivity contribution in [2.45, 2.75) is 6.42 Å². The molecule has 5 heteroatoms. The van der Waals surface area contributed by atoms with E-state index in [0.29, 0.717) is 11.5 Å². The first kappa shape index (κ1) is 14.9. The zero-order chi connectivity index (χ0) is 16.7. The number of fused-ring (bicyclic) bond motifs is 1. The number of benzene rings is 1. The van der Waals surface area contributed by atoms with Crippen molar-refractivity contribution in [2.24, 2.45) is 13.0 Å². The predicted octanol–water partition coefficient (Wildman–Crippen LogP) is 3.03. The smallest absolute Gasteiger partial charge is 0.253 e. The largest absolute Gasteiger partial charge is 0.349 e. The van der Waals surface area contributed by atoms with Crippen molar-refractivity contribution < 1.29 is 9.18 Å². The van der Waals surface area contributed by atoms with E-state index in [1.807, 2.05) is 30.4 Å². The third-order valence-electron chi connectivity index (χ3n) is 4.68. The van der Waals surface area contributed by atoms with Crippen molar-refractivity contribution in [3.63, 3.8) is 0 Å². The highest BCUT2D eigenvalue weighted by Crippen LogP contribution is 2.25. The van der Waals surface area contributed by atoms with Gasteiger partial charge in [0, 0.05) is 43.5 Å². The summed E-state index contributed by atoms with van der Waals surface area (Å²) in [6.45, 7) is 1.44. The second kappa shape index (κ2) is 5.74. The first-order valence-corrected chi connectivity index (χ1v) is 8.05. The molecule has 1 aliphatic heterocycles. The number of hydrogen-bond acceptors (Lipinski definition) is 2. The van der Waals surface area contributed by atoms with Crippen molar-refractivity contribution in [3.05, 3.63) is 65.9 Å². The van der Waals surface area contributed by atoms with Gasteiger partial charge in [0.2, 0.25) is 0 Å². The quantitative estimate of drug-likeness (QED) is 0.743. The minimum Gasteiger partial charge on any atom is -0.349 e. The van der Waals surface area contributed by atoms with Crippen molar-refractivity contribution in [2.75, 3.05) is 13.1 Å². The number of aromatic nitrogens is 2. The number of carbonyl (C=O) groups is 1. The van der Waals surface area contributed by atoms with E-state index in [1.54, 1.807) is 0 Å². The van der Waals surface area contributed by atoms with E-state index in [0.717, 1.165) is 25.2 Å². The average Bonchev–Trinajstić information content (AvgIpc) is 2.93. The highest BCUT2D eigenvalue weighted by Gasteiger charge is 2.32. The number of pyridine rings is 1. The van der Waals surface area contributed by atoms with Gasteiger partial charge in [0.15, 0.2) is 0 Å². The molecule has 0 bridgehead atoms. The van der Waals surface area contributed by atoms with Crippen molar-refractivity contribution in [1.82, 2.24) is 14.5 Å². The lowest BCUT2D eigenvalue weighted by atomic mass is 9.93. The van der Waals surface area contributed by atoms with Crippen LogP contribution < -0.4 is 0 Å². The molecule has 1 saturated heterocycles. The number of carbonyl (C=O) groups excluding carboxylic acids is 1. The van der Waals surface area contributed by atoms with Crippen LogP contribution in [0.25, 0.3) is 10.9 Å². The Labute approximate surface area is 139 Å². The molecular formula is C19H18FN3O. The van der Waals surface area contributed by atoms with Crippen LogP contribution in [0, 0.1) is 11.7 Å². The van der Waals surface area contributed by atoms with E-state index in [9.17, 15) is 9.18 Å². The Kier molecular flexibility index (Phi) is 3.56. The van der Waals surface area contributed by atoms with Crippen LogP contribution in [0.3, 0.4) is 0 Å². The summed E-state index contributed by atoms with van der Waals surface area (Å²) in [7, 11) is 2.03. The number of rotatable bonds is 3. The molecule has 0 saturated carbocycles. The lowest BCUT2D eigenvalue weighted by Crippen LogP contribution is -2.50. The summed E-state index contributed by atoms with van der Waals surface area (Å²) in [6.07, 6.45) is 4.75. The second-order valence-corrected chi connectivity index (χ2v) is 6.41. The molecule has 122 valence electrons. The molecule has 0 spiro atoms. The Morgan fingerprint density at radius 1 is 1.21 bits per heavy atom.